The van der Waals surface area contributed by atoms with Crippen LogP contribution in [0.4, 0.5) is 5.69 Å². The van der Waals surface area contributed by atoms with E-state index >= 15 is 0 Å². The van der Waals surface area contributed by atoms with Gasteiger partial charge in [-0.15, -0.1) is 0 Å². The smallest absolute Gasteiger partial charge is 0.270 e. The van der Waals surface area contributed by atoms with E-state index in [1.807, 2.05) is 31.2 Å². The van der Waals surface area contributed by atoms with Gasteiger partial charge in [-0.25, -0.2) is 0 Å². The molecule has 4 heteroatoms. The predicted octanol–water partition coefficient (Wildman–Crippen LogP) is 3.80. The normalized spacial score (nSPS) is 10.7. The van der Waals surface area contributed by atoms with E-state index in [-0.39, 0.29) is 11.5 Å². The molecule has 0 fully saturated rings. The van der Waals surface area contributed by atoms with Crippen LogP contribution in [0.1, 0.15) is 21.5 Å². The Morgan fingerprint density at radius 3 is 2.60 bits per heavy atom. The summed E-state index contributed by atoms with van der Waals surface area (Å²) in [7, 11) is 0. The molecule has 100 valence electrons. The highest BCUT2D eigenvalue weighted by molar-refractivity contribution is 6.07. The minimum absolute atomic E-state index is 0.0832. The Labute approximate surface area is 116 Å². The molecule has 0 bridgehead atoms. The van der Waals surface area contributed by atoms with E-state index in [2.05, 4.69) is 0 Å². The second-order valence-electron chi connectivity index (χ2n) is 4.36. The van der Waals surface area contributed by atoms with Crippen LogP contribution in [0.5, 0.6) is 0 Å². The van der Waals surface area contributed by atoms with Gasteiger partial charge >= 0.3 is 0 Å². The van der Waals surface area contributed by atoms with Crippen molar-refractivity contribution in [1.29, 1.82) is 0 Å². The molecule has 0 aliphatic rings. The zero-order chi connectivity index (χ0) is 14.5. The number of benzene rings is 2. The van der Waals surface area contributed by atoms with Crippen molar-refractivity contribution in [2.24, 2.45) is 0 Å². The molecule has 2 rings (SSSR count). The molecule has 0 unspecified atom stereocenters. The van der Waals surface area contributed by atoms with Gasteiger partial charge < -0.3 is 0 Å². The lowest BCUT2D eigenvalue weighted by Gasteiger charge is -1.99. The van der Waals surface area contributed by atoms with Gasteiger partial charge in [0.1, 0.15) is 0 Å². The van der Waals surface area contributed by atoms with E-state index in [0.29, 0.717) is 5.56 Å². The van der Waals surface area contributed by atoms with Gasteiger partial charge in [0.15, 0.2) is 5.78 Å². The minimum Gasteiger partial charge on any atom is -0.289 e. The Morgan fingerprint density at radius 1 is 1.15 bits per heavy atom. The SMILES string of the molecule is Cc1ccccc1C=CC(=O)c1cccc([N+](=O)[O-])c1. The molecule has 0 aliphatic heterocycles. The van der Waals surface area contributed by atoms with Crippen molar-refractivity contribution in [3.8, 4) is 0 Å². The summed E-state index contributed by atoms with van der Waals surface area (Å²) in [6, 6.07) is 13.4. The van der Waals surface area contributed by atoms with Crippen LogP contribution in [-0.2, 0) is 0 Å². The molecule has 0 aliphatic carbocycles. The Kier molecular flexibility index (Phi) is 4.05. The summed E-state index contributed by atoms with van der Waals surface area (Å²) in [6.07, 6.45) is 3.15. The monoisotopic (exact) mass is 267 g/mol. The van der Waals surface area contributed by atoms with E-state index in [4.69, 9.17) is 0 Å². The molecule has 20 heavy (non-hydrogen) atoms. The Balaban J connectivity index is 2.22. The third kappa shape index (κ3) is 3.17. The fourth-order valence-electron chi connectivity index (χ4n) is 1.81. The number of hydrogen-bond donors (Lipinski definition) is 0. The van der Waals surface area contributed by atoms with Gasteiger partial charge in [0.25, 0.3) is 5.69 Å². The van der Waals surface area contributed by atoms with Crippen molar-refractivity contribution < 1.29 is 9.72 Å². The number of rotatable bonds is 4. The van der Waals surface area contributed by atoms with Gasteiger partial charge in [-0.3, -0.25) is 14.9 Å². The van der Waals surface area contributed by atoms with Crippen molar-refractivity contribution in [1.82, 2.24) is 0 Å². The predicted molar refractivity (Wildman–Crippen MR) is 77.6 cm³/mol. The van der Waals surface area contributed by atoms with E-state index in [9.17, 15) is 14.9 Å². The molecule has 0 radical (unpaired) electrons. The highest BCUT2D eigenvalue weighted by Crippen LogP contribution is 2.15. The lowest BCUT2D eigenvalue weighted by Crippen LogP contribution is -1.96. The zero-order valence-electron chi connectivity index (χ0n) is 10.9. The first kappa shape index (κ1) is 13.7. The third-order valence-electron chi connectivity index (χ3n) is 2.94. The number of hydrogen-bond acceptors (Lipinski definition) is 3. The fourth-order valence-corrected chi connectivity index (χ4v) is 1.81. The lowest BCUT2D eigenvalue weighted by atomic mass is 10.1. The second kappa shape index (κ2) is 5.93. The Hall–Kier alpha value is -2.75. The van der Waals surface area contributed by atoms with Crippen molar-refractivity contribution in [3.63, 3.8) is 0 Å². The number of ketones is 1. The van der Waals surface area contributed by atoms with Crippen LogP contribution in [0.2, 0.25) is 0 Å². The van der Waals surface area contributed by atoms with E-state index in [0.717, 1.165) is 11.1 Å². The molecule has 0 saturated carbocycles. The van der Waals surface area contributed by atoms with Crippen LogP contribution in [0.25, 0.3) is 6.08 Å². The third-order valence-corrected chi connectivity index (χ3v) is 2.94. The van der Waals surface area contributed by atoms with Gasteiger partial charge in [0, 0.05) is 17.7 Å². The number of nitro benzene ring substituents is 1. The van der Waals surface area contributed by atoms with Crippen molar-refractivity contribution >= 4 is 17.5 Å². The summed E-state index contributed by atoms with van der Waals surface area (Å²) in [5.74, 6) is -0.253. The molecular weight excluding hydrogens is 254 g/mol. The van der Waals surface area contributed by atoms with E-state index in [1.165, 1.54) is 24.3 Å². The van der Waals surface area contributed by atoms with Crippen molar-refractivity contribution in [2.75, 3.05) is 0 Å². The molecule has 4 nitrogen and oxygen atoms in total. The topological polar surface area (TPSA) is 60.2 Å². The average molecular weight is 267 g/mol. The van der Waals surface area contributed by atoms with Crippen LogP contribution in [0.3, 0.4) is 0 Å². The van der Waals surface area contributed by atoms with Gasteiger partial charge in [-0.1, -0.05) is 42.5 Å². The second-order valence-corrected chi connectivity index (χ2v) is 4.36. The fraction of sp³-hybridized carbons (Fsp3) is 0.0625. The lowest BCUT2D eigenvalue weighted by molar-refractivity contribution is -0.384. The van der Waals surface area contributed by atoms with Crippen LogP contribution in [0, 0.1) is 17.0 Å². The average Bonchev–Trinajstić information content (AvgIpc) is 2.46. The summed E-state index contributed by atoms with van der Waals surface area (Å²) >= 11 is 0. The summed E-state index contributed by atoms with van der Waals surface area (Å²) in [6.45, 7) is 1.96. The molecular formula is C16H13NO3. The van der Waals surface area contributed by atoms with Crippen molar-refractivity contribution in [2.45, 2.75) is 6.92 Å². The first-order chi connectivity index (χ1) is 9.58. The number of carbonyl (C=O) groups excluding carboxylic acids is 1. The molecule has 0 atom stereocenters. The van der Waals surface area contributed by atoms with Crippen LogP contribution in [-0.4, -0.2) is 10.7 Å². The van der Waals surface area contributed by atoms with Crippen molar-refractivity contribution in [3.05, 3.63) is 81.4 Å². The number of aryl methyl sites for hydroxylation is 1. The standard InChI is InChI=1S/C16H13NO3/c1-12-5-2-3-6-13(12)9-10-16(18)14-7-4-8-15(11-14)17(19)20/h2-11H,1H3. The number of non-ortho nitro benzene ring substituents is 1. The summed E-state index contributed by atoms with van der Waals surface area (Å²) in [4.78, 5) is 22.2. The number of allylic oxidation sites excluding steroid dienone is 1. The van der Waals surface area contributed by atoms with Crippen LogP contribution >= 0.6 is 0 Å². The maximum atomic E-state index is 12.0. The van der Waals surface area contributed by atoms with Crippen LogP contribution < -0.4 is 0 Å². The number of carbonyl (C=O) groups is 1. The molecule has 0 saturated heterocycles. The van der Waals surface area contributed by atoms with Crippen LogP contribution in [0.15, 0.2) is 54.6 Å². The molecule has 0 N–H and O–H groups in total. The number of nitro groups is 1. The van der Waals surface area contributed by atoms with Gasteiger partial charge in [0.05, 0.1) is 4.92 Å². The Bertz CT molecular complexity index is 690. The maximum absolute atomic E-state index is 12.0. The first-order valence-corrected chi connectivity index (χ1v) is 6.10. The first-order valence-electron chi connectivity index (χ1n) is 6.10. The summed E-state index contributed by atoms with van der Waals surface area (Å²) < 4.78 is 0. The van der Waals surface area contributed by atoms with E-state index < -0.39 is 4.92 Å². The highest BCUT2D eigenvalue weighted by atomic mass is 16.6. The summed E-state index contributed by atoms with van der Waals surface area (Å²) in [5.41, 5.74) is 2.24. The molecule has 0 spiro atoms. The molecule has 0 amide bonds. The largest absolute Gasteiger partial charge is 0.289 e. The van der Waals surface area contributed by atoms with Gasteiger partial charge in [0.2, 0.25) is 0 Å². The number of nitrogens with zero attached hydrogens (tertiary/aromatic N) is 1. The quantitative estimate of drug-likeness (QED) is 0.366. The maximum Gasteiger partial charge on any atom is 0.270 e. The zero-order valence-corrected chi connectivity index (χ0v) is 10.9. The minimum atomic E-state index is -0.512. The van der Waals surface area contributed by atoms with Gasteiger partial charge in [-0.2, -0.15) is 0 Å². The van der Waals surface area contributed by atoms with E-state index in [1.54, 1.807) is 12.1 Å². The molecule has 2 aromatic rings. The molecule has 0 aromatic heterocycles. The molecule has 0 heterocycles. The molecule has 2 aromatic carbocycles. The van der Waals surface area contributed by atoms with Gasteiger partial charge in [-0.05, 0) is 24.1 Å². The highest BCUT2D eigenvalue weighted by Gasteiger charge is 2.09. The Morgan fingerprint density at radius 2 is 1.90 bits per heavy atom. The summed E-state index contributed by atoms with van der Waals surface area (Å²) in [5, 5.41) is 10.7.